The van der Waals surface area contributed by atoms with Crippen molar-refractivity contribution in [2.45, 2.75) is 19.8 Å². The van der Waals surface area contributed by atoms with Gasteiger partial charge in [0.05, 0.1) is 6.61 Å². The maximum absolute atomic E-state index is 12.2. The average Bonchev–Trinajstić information content (AvgIpc) is 3.29. The standard InChI is InChI=1S/C19H22N4O3/c1-2-25-19(24)18-21-15-13-7-3-4-8-14(13)26-16(15)17(22-18)20-9-12-23-10-5-6-11-23/h3-4,7-8H,2,5-6,9-12H2,1H3,(H,20,21,22). The molecular formula is C19H22N4O3. The third-order valence-corrected chi connectivity index (χ3v) is 4.60. The molecule has 136 valence electrons. The van der Waals surface area contributed by atoms with Crippen molar-refractivity contribution < 1.29 is 13.9 Å². The van der Waals surface area contributed by atoms with E-state index in [1.54, 1.807) is 6.92 Å². The van der Waals surface area contributed by atoms with E-state index in [0.717, 1.165) is 37.1 Å². The molecule has 26 heavy (non-hydrogen) atoms. The Bertz CT molecular complexity index is 931. The van der Waals surface area contributed by atoms with Crippen molar-refractivity contribution in [3.8, 4) is 0 Å². The fraction of sp³-hybridized carbons (Fsp3) is 0.421. The van der Waals surface area contributed by atoms with Crippen LogP contribution in [0.2, 0.25) is 0 Å². The van der Waals surface area contributed by atoms with Crippen molar-refractivity contribution in [3.05, 3.63) is 30.1 Å². The van der Waals surface area contributed by atoms with E-state index >= 15 is 0 Å². The van der Waals surface area contributed by atoms with E-state index in [0.29, 0.717) is 16.9 Å². The number of rotatable bonds is 6. The van der Waals surface area contributed by atoms with Crippen LogP contribution in [0.5, 0.6) is 0 Å². The molecule has 7 nitrogen and oxygen atoms in total. The minimum absolute atomic E-state index is 0.0505. The van der Waals surface area contributed by atoms with Gasteiger partial charge in [-0.05, 0) is 45.0 Å². The zero-order valence-corrected chi connectivity index (χ0v) is 14.8. The first-order valence-electron chi connectivity index (χ1n) is 9.09. The van der Waals surface area contributed by atoms with E-state index in [9.17, 15) is 4.79 Å². The Balaban J connectivity index is 1.69. The number of carbonyl (C=O) groups excluding carboxylic acids is 1. The van der Waals surface area contributed by atoms with Crippen molar-refractivity contribution in [1.82, 2.24) is 14.9 Å². The van der Waals surface area contributed by atoms with E-state index in [4.69, 9.17) is 9.15 Å². The maximum atomic E-state index is 12.2. The fourth-order valence-electron chi connectivity index (χ4n) is 3.34. The van der Waals surface area contributed by atoms with Crippen LogP contribution in [0.4, 0.5) is 5.82 Å². The molecule has 7 heteroatoms. The van der Waals surface area contributed by atoms with Gasteiger partial charge in [-0.3, -0.25) is 0 Å². The predicted molar refractivity (Wildman–Crippen MR) is 99.4 cm³/mol. The Morgan fingerprint density at radius 3 is 2.88 bits per heavy atom. The maximum Gasteiger partial charge on any atom is 0.376 e. The van der Waals surface area contributed by atoms with Crippen molar-refractivity contribution in [1.29, 1.82) is 0 Å². The highest BCUT2D eigenvalue weighted by Gasteiger charge is 2.20. The van der Waals surface area contributed by atoms with Crippen LogP contribution in [-0.2, 0) is 4.74 Å². The third-order valence-electron chi connectivity index (χ3n) is 4.60. The van der Waals surface area contributed by atoms with E-state index in [1.165, 1.54) is 12.8 Å². The molecule has 0 amide bonds. The number of benzene rings is 1. The molecule has 1 N–H and O–H groups in total. The zero-order chi connectivity index (χ0) is 17.9. The normalized spacial score (nSPS) is 15.0. The van der Waals surface area contributed by atoms with Crippen LogP contribution in [0.1, 0.15) is 30.4 Å². The van der Waals surface area contributed by atoms with Crippen LogP contribution in [0, 0.1) is 0 Å². The Kier molecular flexibility index (Phi) is 4.71. The van der Waals surface area contributed by atoms with Gasteiger partial charge in [-0.15, -0.1) is 0 Å². The van der Waals surface area contributed by atoms with Gasteiger partial charge in [-0.25, -0.2) is 14.8 Å². The zero-order valence-electron chi connectivity index (χ0n) is 14.8. The summed E-state index contributed by atoms with van der Waals surface area (Å²) in [5.74, 6) is 0.0605. The summed E-state index contributed by atoms with van der Waals surface area (Å²) < 4.78 is 11.0. The van der Waals surface area contributed by atoms with Crippen molar-refractivity contribution in [2.75, 3.05) is 38.1 Å². The van der Waals surface area contributed by atoms with Gasteiger partial charge in [-0.1, -0.05) is 12.1 Å². The lowest BCUT2D eigenvalue weighted by Gasteiger charge is -2.15. The number of nitrogens with zero attached hydrogens (tertiary/aromatic N) is 3. The number of furan rings is 1. The number of hydrogen-bond acceptors (Lipinski definition) is 7. The largest absolute Gasteiger partial charge is 0.460 e. The van der Waals surface area contributed by atoms with Crippen molar-refractivity contribution in [2.24, 2.45) is 0 Å². The van der Waals surface area contributed by atoms with Crippen LogP contribution in [0.15, 0.2) is 28.7 Å². The number of likely N-dealkylation sites (tertiary alicyclic amines) is 1. The number of fused-ring (bicyclic) bond motifs is 3. The van der Waals surface area contributed by atoms with Gasteiger partial charge in [0.1, 0.15) is 11.1 Å². The molecule has 0 unspecified atom stereocenters. The highest BCUT2D eigenvalue weighted by atomic mass is 16.5. The van der Waals surface area contributed by atoms with Crippen LogP contribution in [0.25, 0.3) is 22.1 Å². The van der Waals surface area contributed by atoms with E-state index in [1.807, 2.05) is 24.3 Å². The lowest BCUT2D eigenvalue weighted by molar-refractivity contribution is 0.0512. The molecule has 1 aromatic carbocycles. The summed E-state index contributed by atoms with van der Waals surface area (Å²) in [5.41, 5.74) is 1.92. The number of nitrogens with one attached hydrogen (secondary N) is 1. The quantitative estimate of drug-likeness (QED) is 0.681. The summed E-state index contributed by atoms with van der Waals surface area (Å²) >= 11 is 0. The number of ether oxygens (including phenoxy) is 1. The number of hydrogen-bond donors (Lipinski definition) is 1. The second-order valence-corrected chi connectivity index (χ2v) is 6.37. The SMILES string of the molecule is CCOC(=O)c1nc(NCCN2CCCC2)c2oc3ccccc3c2n1. The topological polar surface area (TPSA) is 80.5 Å². The van der Waals surface area contributed by atoms with E-state index in [-0.39, 0.29) is 12.4 Å². The summed E-state index contributed by atoms with van der Waals surface area (Å²) in [4.78, 5) is 23.3. The second-order valence-electron chi connectivity index (χ2n) is 6.37. The van der Waals surface area contributed by atoms with Crippen molar-refractivity contribution >= 4 is 33.9 Å². The first-order valence-corrected chi connectivity index (χ1v) is 9.09. The summed E-state index contributed by atoms with van der Waals surface area (Å²) in [6.45, 7) is 5.98. The number of esters is 1. The molecule has 0 aliphatic carbocycles. The number of anilines is 1. The van der Waals surface area contributed by atoms with Crippen LogP contribution in [-0.4, -0.2) is 53.6 Å². The lowest BCUT2D eigenvalue weighted by Crippen LogP contribution is -2.26. The molecule has 1 saturated heterocycles. The van der Waals surface area contributed by atoms with Gasteiger partial charge in [0.15, 0.2) is 11.4 Å². The number of para-hydroxylation sites is 1. The molecule has 0 saturated carbocycles. The van der Waals surface area contributed by atoms with Gasteiger partial charge in [0.25, 0.3) is 0 Å². The summed E-state index contributed by atoms with van der Waals surface area (Å²) in [6, 6.07) is 7.64. The molecule has 0 radical (unpaired) electrons. The molecule has 4 rings (SSSR count). The average molecular weight is 354 g/mol. The monoisotopic (exact) mass is 354 g/mol. The Hall–Kier alpha value is -2.67. The van der Waals surface area contributed by atoms with Gasteiger partial charge in [0.2, 0.25) is 5.82 Å². The van der Waals surface area contributed by atoms with Crippen LogP contribution < -0.4 is 5.32 Å². The summed E-state index contributed by atoms with van der Waals surface area (Å²) in [5, 5.41) is 4.18. The molecule has 3 heterocycles. The lowest BCUT2D eigenvalue weighted by atomic mass is 10.2. The molecule has 0 spiro atoms. The minimum Gasteiger partial charge on any atom is -0.460 e. The van der Waals surface area contributed by atoms with Gasteiger partial charge >= 0.3 is 5.97 Å². The molecule has 1 fully saturated rings. The second kappa shape index (κ2) is 7.29. The number of carbonyl (C=O) groups is 1. The van der Waals surface area contributed by atoms with Crippen molar-refractivity contribution in [3.63, 3.8) is 0 Å². The molecule has 0 atom stereocenters. The van der Waals surface area contributed by atoms with Gasteiger partial charge < -0.3 is 19.4 Å². The van der Waals surface area contributed by atoms with Gasteiger partial charge in [-0.2, -0.15) is 0 Å². The highest BCUT2D eigenvalue weighted by Crippen LogP contribution is 2.31. The molecule has 1 aliphatic heterocycles. The number of aromatic nitrogens is 2. The molecule has 2 aromatic heterocycles. The highest BCUT2D eigenvalue weighted by molar-refractivity contribution is 6.06. The van der Waals surface area contributed by atoms with E-state index < -0.39 is 5.97 Å². The molecule has 1 aliphatic rings. The van der Waals surface area contributed by atoms with Gasteiger partial charge in [0, 0.05) is 18.5 Å². The fourth-order valence-corrected chi connectivity index (χ4v) is 3.34. The Morgan fingerprint density at radius 1 is 1.27 bits per heavy atom. The first-order chi connectivity index (χ1) is 12.8. The Labute approximate surface area is 151 Å². The first kappa shape index (κ1) is 16.8. The third kappa shape index (κ3) is 3.22. The summed E-state index contributed by atoms with van der Waals surface area (Å²) in [7, 11) is 0. The van der Waals surface area contributed by atoms with Crippen LogP contribution in [0.3, 0.4) is 0 Å². The molecule has 0 bridgehead atoms. The Morgan fingerprint density at radius 2 is 2.08 bits per heavy atom. The molecular weight excluding hydrogens is 332 g/mol. The van der Waals surface area contributed by atoms with Crippen LogP contribution >= 0.6 is 0 Å². The smallest absolute Gasteiger partial charge is 0.376 e. The predicted octanol–water partition coefficient (Wildman–Crippen LogP) is 3.06. The van der Waals surface area contributed by atoms with E-state index in [2.05, 4.69) is 20.2 Å². The minimum atomic E-state index is -0.526. The molecule has 3 aromatic rings. The summed E-state index contributed by atoms with van der Waals surface area (Å²) in [6.07, 6.45) is 2.52.